The van der Waals surface area contributed by atoms with E-state index in [0.717, 1.165) is 0 Å². The van der Waals surface area contributed by atoms with E-state index in [1.165, 1.54) is 18.2 Å². The molecule has 0 bridgehead atoms. The second kappa shape index (κ2) is 5.58. The Balaban J connectivity index is 2.42. The normalized spacial score (nSPS) is 10.0. The zero-order chi connectivity index (χ0) is 14.0. The number of benzene rings is 2. The van der Waals surface area contributed by atoms with Crippen LogP contribution in [0.1, 0.15) is 5.56 Å². The van der Waals surface area contributed by atoms with Crippen molar-refractivity contribution in [2.45, 2.75) is 0 Å². The largest absolute Gasteiger partial charge is 0.454 e. The molecule has 96 valence electrons. The van der Waals surface area contributed by atoms with Crippen molar-refractivity contribution in [3.05, 3.63) is 51.0 Å². The Morgan fingerprint density at radius 1 is 0.947 bits per heavy atom. The molecule has 0 spiro atoms. The Kier molecular flexibility index (Phi) is 4.06. The van der Waals surface area contributed by atoms with Gasteiger partial charge in [0.1, 0.15) is 17.6 Å². The highest BCUT2D eigenvalue weighted by atomic mass is 35.5. The second-order valence-electron chi connectivity index (χ2n) is 3.67. The maximum absolute atomic E-state index is 9.02. The fourth-order valence-corrected chi connectivity index (χ4v) is 2.00. The van der Waals surface area contributed by atoms with Gasteiger partial charge in [0.15, 0.2) is 0 Å². The molecule has 0 amide bonds. The molecular formula is C13H7Cl3N2O. The molecule has 0 saturated heterocycles. The predicted octanol–water partition coefficient (Wildman–Crippen LogP) is 4.89. The number of ether oxygens (including phenoxy) is 1. The lowest BCUT2D eigenvalue weighted by atomic mass is 10.2. The highest BCUT2D eigenvalue weighted by Gasteiger charge is 2.11. The van der Waals surface area contributed by atoms with Gasteiger partial charge in [-0.15, -0.1) is 0 Å². The molecule has 0 aliphatic carbocycles. The van der Waals surface area contributed by atoms with E-state index < -0.39 is 0 Å². The van der Waals surface area contributed by atoms with Crippen molar-refractivity contribution in [2.24, 2.45) is 0 Å². The molecule has 0 radical (unpaired) electrons. The molecule has 0 saturated carbocycles. The first-order chi connectivity index (χ1) is 9.01. The smallest absolute Gasteiger partial charge is 0.147 e. The molecule has 0 aromatic heterocycles. The Morgan fingerprint density at radius 2 is 1.63 bits per heavy atom. The summed E-state index contributed by atoms with van der Waals surface area (Å²) in [6.45, 7) is 0. The molecule has 0 aliphatic rings. The number of halogens is 3. The van der Waals surface area contributed by atoms with Gasteiger partial charge < -0.3 is 10.5 Å². The zero-order valence-electron chi connectivity index (χ0n) is 9.45. The van der Waals surface area contributed by atoms with Gasteiger partial charge in [-0.2, -0.15) is 5.26 Å². The highest BCUT2D eigenvalue weighted by Crippen LogP contribution is 2.37. The lowest BCUT2D eigenvalue weighted by Crippen LogP contribution is -1.92. The van der Waals surface area contributed by atoms with Gasteiger partial charge in [-0.1, -0.05) is 34.8 Å². The van der Waals surface area contributed by atoms with Gasteiger partial charge in [-0.05, 0) is 24.3 Å². The van der Waals surface area contributed by atoms with Gasteiger partial charge in [-0.25, -0.2) is 0 Å². The minimum absolute atomic E-state index is 0.301. The van der Waals surface area contributed by atoms with Gasteiger partial charge >= 0.3 is 0 Å². The summed E-state index contributed by atoms with van der Waals surface area (Å²) in [5.41, 5.74) is 6.38. The maximum Gasteiger partial charge on any atom is 0.147 e. The first-order valence-corrected chi connectivity index (χ1v) is 6.26. The van der Waals surface area contributed by atoms with E-state index in [1.807, 2.05) is 6.07 Å². The van der Waals surface area contributed by atoms with Crippen molar-refractivity contribution in [2.75, 3.05) is 5.73 Å². The van der Waals surface area contributed by atoms with Gasteiger partial charge in [0.05, 0.1) is 20.6 Å². The Labute approximate surface area is 125 Å². The summed E-state index contributed by atoms with van der Waals surface area (Å²) in [6, 6.07) is 9.69. The quantitative estimate of drug-likeness (QED) is 0.634. The molecule has 0 aliphatic heterocycles. The van der Waals surface area contributed by atoms with Gasteiger partial charge in [0.25, 0.3) is 0 Å². The van der Waals surface area contributed by atoms with Crippen LogP contribution in [-0.2, 0) is 0 Å². The van der Waals surface area contributed by atoms with Crippen LogP contribution in [0.2, 0.25) is 15.1 Å². The van der Waals surface area contributed by atoms with Crippen LogP contribution in [0.5, 0.6) is 11.5 Å². The topological polar surface area (TPSA) is 59.0 Å². The lowest BCUT2D eigenvalue weighted by molar-refractivity contribution is 0.481. The van der Waals surface area contributed by atoms with Crippen molar-refractivity contribution in [1.29, 1.82) is 5.26 Å². The molecule has 2 N–H and O–H groups in total. The average Bonchev–Trinajstić information content (AvgIpc) is 2.37. The van der Waals surface area contributed by atoms with Crippen LogP contribution >= 0.6 is 34.8 Å². The number of hydrogen-bond acceptors (Lipinski definition) is 3. The van der Waals surface area contributed by atoms with Crippen LogP contribution in [0.3, 0.4) is 0 Å². The van der Waals surface area contributed by atoms with Crippen molar-refractivity contribution in [3.8, 4) is 17.6 Å². The van der Waals surface area contributed by atoms with Crippen LogP contribution < -0.4 is 10.5 Å². The third kappa shape index (κ3) is 3.05. The lowest BCUT2D eigenvalue weighted by Gasteiger charge is -2.10. The number of anilines is 1. The van der Waals surface area contributed by atoms with Crippen molar-refractivity contribution in [1.82, 2.24) is 0 Å². The standard InChI is InChI=1S/C13H7Cl3N2O/c14-9-4-11(16)13(5-10(9)15)19-12-2-1-8(18)3-7(12)6-17/h1-5H,18H2. The number of nitrogens with two attached hydrogens (primary N) is 1. The summed E-state index contributed by atoms with van der Waals surface area (Å²) < 4.78 is 5.57. The molecule has 6 heteroatoms. The van der Waals surface area contributed by atoms with Gasteiger partial charge in [0, 0.05) is 11.8 Å². The summed E-state index contributed by atoms with van der Waals surface area (Å²) in [5.74, 6) is 0.661. The number of hydrogen-bond donors (Lipinski definition) is 1. The highest BCUT2D eigenvalue weighted by molar-refractivity contribution is 6.43. The van der Waals surface area contributed by atoms with Crippen LogP contribution in [0.25, 0.3) is 0 Å². The summed E-state index contributed by atoms with van der Waals surface area (Å²) in [4.78, 5) is 0. The van der Waals surface area contributed by atoms with Crippen LogP contribution in [0, 0.1) is 11.3 Å². The van der Waals surface area contributed by atoms with Crippen molar-refractivity contribution < 1.29 is 4.74 Å². The summed E-state index contributed by atoms with van der Waals surface area (Å²) >= 11 is 17.7. The predicted molar refractivity (Wildman–Crippen MR) is 77.1 cm³/mol. The van der Waals surface area contributed by atoms with E-state index in [1.54, 1.807) is 12.1 Å². The Bertz CT molecular complexity index is 680. The molecular weight excluding hydrogens is 307 g/mol. The number of nitriles is 1. The fourth-order valence-electron chi connectivity index (χ4n) is 1.42. The van der Waals surface area contributed by atoms with Gasteiger partial charge in [-0.3, -0.25) is 0 Å². The van der Waals surface area contributed by atoms with E-state index in [4.69, 9.17) is 50.5 Å². The van der Waals surface area contributed by atoms with Crippen LogP contribution in [0.15, 0.2) is 30.3 Å². The van der Waals surface area contributed by atoms with E-state index in [0.29, 0.717) is 37.8 Å². The average molecular weight is 314 g/mol. The minimum atomic E-state index is 0.301. The summed E-state index contributed by atoms with van der Waals surface area (Å²) in [7, 11) is 0. The molecule has 19 heavy (non-hydrogen) atoms. The van der Waals surface area contributed by atoms with E-state index in [9.17, 15) is 0 Å². The fraction of sp³-hybridized carbons (Fsp3) is 0. The summed E-state index contributed by atoms with van der Waals surface area (Å²) in [6.07, 6.45) is 0. The number of nitrogen functional groups attached to an aromatic ring is 1. The van der Waals surface area contributed by atoms with E-state index in [2.05, 4.69) is 0 Å². The zero-order valence-corrected chi connectivity index (χ0v) is 11.7. The third-order valence-corrected chi connectivity index (χ3v) is 3.34. The SMILES string of the molecule is N#Cc1cc(N)ccc1Oc1cc(Cl)c(Cl)cc1Cl. The Morgan fingerprint density at radius 3 is 2.32 bits per heavy atom. The monoisotopic (exact) mass is 312 g/mol. The molecule has 2 aromatic carbocycles. The molecule has 0 unspecified atom stereocenters. The minimum Gasteiger partial charge on any atom is -0.454 e. The Hall–Kier alpha value is -1.60. The van der Waals surface area contributed by atoms with E-state index in [-0.39, 0.29) is 0 Å². The molecule has 2 rings (SSSR count). The van der Waals surface area contributed by atoms with Gasteiger partial charge in [0.2, 0.25) is 0 Å². The molecule has 0 fully saturated rings. The first-order valence-electron chi connectivity index (χ1n) is 5.13. The third-order valence-electron chi connectivity index (χ3n) is 2.32. The van der Waals surface area contributed by atoms with Crippen molar-refractivity contribution in [3.63, 3.8) is 0 Å². The first kappa shape index (κ1) is 13.8. The van der Waals surface area contributed by atoms with Crippen molar-refractivity contribution >= 4 is 40.5 Å². The van der Waals surface area contributed by atoms with Crippen LogP contribution in [0.4, 0.5) is 5.69 Å². The second-order valence-corrected chi connectivity index (χ2v) is 4.89. The number of nitrogens with zero attached hydrogens (tertiary/aromatic N) is 1. The number of rotatable bonds is 2. The molecule has 0 heterocycles. The molecule has 2 aromatic rings. The summed E-state index contributed by atoms with van der Waals surface area (Å²) in [5, 5.41) is 9.97. The maximum atomic E-state index is 9.02. The molecule has 0 atom stereocenters. The van der Waals surface area contributed by atoms with Crippen LogP contribution in [-0.4, -0.2) is 0 Å². The van der Waals surface area contributed by atoms with E-state index >= 15 is 0 Å². The molecule has 3 nitrogen and oxygen atoms in total.